The van der Waals surface area contributed by atoms with Crippen molar-refractivity contribution in [1.29, 1.82) is 0 Å². The van der Waals surface area contributed by atoms with E-state index in [-0.39, 0.29) is 13.2 Å². The van der Waals surface area contributed by atoms with Gasteiger partial charge in [-0.05, 0) is 24.6 Å². The molecule has 1 heterocycles. The molecule has 0 bridgehead atoms. The van der Waals surface area contributed by atoms with Crippen molar-refractivity contribution in [3.8, 4) is 0 Å². The average Bonchev–Trinajstić information content (AvgIpc) is 2.66. The first kappa shape index (κ1) is 19.2. The molecular formula is C18H23N5O3. The van der Waals surface area contributed by atoms with Crippen LogP contribution in [0.3, 0.4) is 0 Å². The number of alkyl carbamates (subject to hydrolysis) is 1. The highest BCUT2D eigenvalue weighted by atomic mass is 16.5. The lowest BCUT2D eigenvalue weighted by Gasteiger charge is -2.26. The molecule has 0 radical (unpaired) electrons. The van der Waals surface area contributed by atoms with Gasteiger partial charge in [-0.25, -0.2) is 14.8 Å². The number of para-hydroxylation sites is 1. The summed E-state index contributed by atoms with van der Waals surface area (Å²) in [6.45, 7) is 2.36. The third-order valence-electron chi connectivity index (χ3n) is 3.59. The number of amides is 2. The second-order valence-electron chi connectivity index (χ2n) is 5.58. The highest BCUT2D eigenvalue weighted by Gasteiger charge is 2.24. The maximum absolute atomic E-state index is 11.9. The number of hydrogen-bond acceptors (Lipinski definition) is 6. The Morgan fingerprint density at radius 1 is 1.19 bits per heavy atom. The summed E-state index contributed by atoms with van der Waals surface area (Å²) in [5.74, 6) is -0.277. The van der Waals surface area contributed by atoms with Gasteiger partial charge in [0, 0.05) is 18.1 Å². The van der Waals surface area contributed by atoms with Crippen molar-refractivity contribution in [2.24, 2.45) is 5.73 Å². The summed E-state index contributed by atoms with van der Waals surface area (Å²) in [4.78, 5) is 33.9. The van der Waals surface area contributed by atoms with E-state index in [2.05, 4.69) is 15.3 Å². The van der Waals surface area contributed by atoms with Gasteiger partial charge in [-0.3, -0.25) is 4.79 Å². The number of unbranched alkanes of at least 4 members (excludes halogenated alkanes) is 1. The van der Waals surface area contributed by atoms with Crippen LogP contribution in [-0.2, 0) is 9.53 Å². The molecule has 8 heteroatoms. The lowest BCUT2D eigenvalue weighted by Crippen LogP contribution is -2.50. The van der Waals surface area contributed by atoms with Crippen molar-refractivity contribution >= 4 is 23.6 Å². The number of rotatable bonds is 9. The van der Waals surface area contributed by atoms with E-state index in [0.717, 1.165) is 18.5 Å². The van der Waals surface area contributed by atoms with Crippen molar-refractivity contribution in [3.63, 3.8) is 0 Å². The Balaban J connectivity index is 2.16. The lowest BCUT2D eigenvalue weighted by molar-refractivity contribution is -0.119. The molecule has 1 unspecified atom stereocenters. The molecule has 2 aromatic rings. The van der Waals surface area contributed by atoms with E-state index in [9.17, 15) is 9.59 Å². The number of nitrogens with zero attached hydrogens (tertiary/aromatic N) is 3. The molecule has 0 fully saturated rings. The summed E-state index contributed by atoms with van der Waals surface area (Å²) in [6.07, 6.45) is 4.18. The number of nitrogens with two attached hydrogens (primary N) is 1. The molecule has 0 aliphatic carbocycles. The average molecular weight is 357 g/mol. The van der Waals surface area contributed by atoms with Crippen molar-refractivity contribution in [2.45, 2.75) is 25.8 Å². The van der Waals surface area contributed by atoms with Crippen molar-refractivity contribution in [3.05, 3.63) is 48.8 Å². The summed E-state index contributed by atoms with van der Waals surface area (Å²) in [5.41, 5.74) is 6.24. The number of hydrogen-bond donors (Lipinski definition) is 2. The van der Waals surface area contributed by atoms with Gasteiger partial charge in [0.25, 0.3) is 0 Å². The molecular weight excluding hydrogens is 334 g/mol. The standard InChI is InChI=1S/C18H23N5O3/c1-2-3-12-26-18(25)22-15(16(19)24)13-23(14-8-5-4-6-9-14)17-20-10-7-11-21-17/h4-11,15H,2-3,12-13H2,1H3,(H2,19,24)(H,22,25). The molecule has 138 valence electrons. The Labute approximate surface area is 152 Å². The minimum Gasteiger partial charge on any atom is -0.450 e. The molecule has 0 saturated carbocycles. The monoisotopic (exact) mass is 357 g/mol. The zero-order valence-electron chi connectivity index (χ0n) is 14.7. The second kappa shape index (κ2) is 9.97. The molecule has 1 aromatic heterocycles. The predicted octanol–water partition coefficient (Wildman–Crippen LogP) is 1.99. The van der Waals surface area contributed by atoms with Crippen molar-refractivity contribution < 1.29 is 14.3 Å². The summed E-state index contributed by atoms with van der Waals surface area (Å²) >= 11 is 0. The van der Waals surface area contributed by atoms with E-state index in [4.69, 9.17) is 10.5 Å². The van der Waals surface area contributed by atoms with E-state index in [1.807, 2.05) is 37.3 Å². The molecule has 0 spiro atoms. The molecule has 2 rings (SSSR count). The van der Waals surface area contributed by atoms with Gasteiger partial charge in [-0.15, -0.1) is 0 Å². The van der Waals surface area contributed by atoms with E-state index in [1.165, 1.54) is 0 Å². The van der Waals surface area contributed by atoms with Crippen LogP contribution in [0, 0.1) is 0 Å². The van der Waals surface area contributed by atoms with Crippen molar-refractivity contribution in [1.82, 2.24) is 15.3 Å². The Morgan fingerprint density at radius 2 is 1.88 bits per heavy atom. The van der Waals surface area contributed by atoms with Crippen LogP contribution >= 0.6 is 0 Å². The first-order valence-electron chi connectivity index (χ1n) is 8.44. The maximum atomic E-state index is 11.9. The molecule has 1 atom stereocenters. The Morgan fingerprint density at radius 3 is 2.50 bits per heavy atom. The van der Waals surface area contributed by atoms with Crippen LogP contribution < -0.4 is 16.0 Å². The molecule has 1 aromatic carbocycles. The number of benzene rings is 1. The van der Waals surface area contributed by atoms with E-state index >= 15 is 0 Å². The maximum Gasteiger partial charge on any atom is 0.407 e. The minimum absolute atomic E-state index is 0.0756. The van der Waals surface area contributed by atoms with Gasteiger partial charge in [0.15, 0.2) is 0 Å². The zero-order chi connectivity index (χ0) is 18.8. The van der Waals surface area contributed by atoms with Gasteiger partial charge in [-0.2, -0.15) is 0 Å². The van der Waals surface area contributed by atoms with Crippen LogP contribution in [0.15, 0.2) is 48.8 Å². The van der Waals surface area contributed by atoms with Gasteiger partial charge in [0.05, 0.1) is 13.2 Å². The largest absolute Gasteiger partial charge is 0.450 e. The molecule has 26 heavy (non-hydrogen) atoms. The topological polar surface area (TPSA) is 110 Å². The van der Waals surface area contributed by atoms with Gasteiger partial charge < -0.3 is 20.7 Å². The molecule has 0 aliphatic rings. The van der Waals surface area contributed by atoms with Gasteiger partial charge in [-0.1, -0.05) is 31.5 Å². The molecule has 8 nitrogen and oxygen atoms in total. The lowest BCUT2D eigenvalue weighted by atomic mass is 10.2. The third-order valence-corrected chi connectivity index (χ3v) is 3.59. The second-order valence-corrected chi connectivity index (χ2v) is 5.58. The van der Waals surface area contributed by atoms with E-state index < -0.39 is 18.0 Å². The fraction of sp³-hybridized carbons (Fsp3) is 0.333. The van der Waals surface area contributed by atoms with Gasteiger partial charge in [0.2, 0.25) is 11.9 Å². The predicted molar refractivity (Wildman–Crippen MR) is 97.9 cm³/mol. The molecule has 2 amide bonds. The highest BCUT2D eigenvalue weighted by Crippen LogP contribution is 2.21. The third kappa shape index (κ3) is 5.73. The normalized spacial score (nSPS) is 11.4. The quantitative estimate of drug-likeness (QED) is 0.664. The molecule has 0 saturated heterocycles. The van der Waals surface area contributed by atoms with Gasteiger partial charge >= 0.3 is 6.09 Å². The molecule has 0 aliphatic heterocycles. The number of primary amides is 1. The first-order chi connectivity index (χ1) is 12.6. The van der Waals surface area contributed by atoms with E-state index in [1.54, 1.807) is 23.4 Å². The summed E-state index contributed by atoms with van der Waals surface area (Å²) in [5, 5.41) is 2.51. The number of nitrogens with one attached hydrogen (secondary N) is 1. The Hall–Kier alpha value is -3.16. The SMILES string of the molecule is CCCCOC(=O)NC(CN(c1ccccc1)c1ncccn1)C(N)=O. The zero-order valence-corrected chi connectivity index (χ0v) is 14.7. The summed E-state index contributed by atoms with van der Waals surface area (Å²) in [6, 6.07) is 10.0. The number of anilines is 2. The number of aromatic nitrogens is 2. The summed E-state index contributed by atoms with van der Waals surface area (Å²) in [7, 11) is 0. The smallest absolute Gasteiger partial charge is 0.407 e. The van der Waals surface area contributed by atoms with Crippen LogP contribution in [0.2, 0.25) is 0 Å². The van der Waals surface area contributed by atoms with Crippen LogP contribution in [0.1, 0.15) is 19.8 Å². The molecule has 3 N–H and O–H groups in total. The highest BCUT2D eigenvalue weighted by molar-refractivity contribution is 5.85. The van der Waals surface area contributed by atoms with Crippen LogP contribution in [0.5, 0.6) is 0 Å². The Kier molecular flexibility index (Phi) is 7.35. The number of ether oxygens (including phenoxy) is 1. The van der Waals surface area contributed by atoms with Crippen LogP contribution in [0.25, 0.3) is 0 Å². The number of carbonyl (C=O) groups is 2. The van der Waals surface area contributed by atoms with Crippen LogP contribution in [-0.4, -0.2) is 41.2 Å². The van der Waals surface area contributed by atoms with E-state index in [0.29, 0.717) is 5.95 Å². The van der Waals surface area contributed by atoms with Gasteiger partial charge in [0.1, 0.15) is 6.04 Å². The fourth-order valence-electron chi connectivity index (χ4n) is 2.22. The first-order valence-corrected chi connectivity index (χ1v) is 8.44. The number of carbonyl (C=O) groups excluding carboxylic acids is 2. The van der Waals surface area contributed by atoms with Crippen LogP contribution in [0.4, 0.5) is 16.4 Å². The Bertz CT molecular complexity index is 657. The fourth-order valence-corrected chi connectivity index (χ4v) is 2.22. The minimum atomic E-state index is -0.965. The van der Waals surface area contributed by atoms with Crippen molar-refractivity contribution in [2.75, 3.05) is 18.1 Å². The summed E-state index contributed by atoms with van der Waals surface area (Å²) < 4.78 is 5.05.